The molecule has 1 aliphatic rings. The molecule has 1 aromatic heterocycles. The molecular formula is C16H18O2. The van der Waals surface area contributed by atoms with Gasteiger partial charge in [-0.1, -0.05) is 24.3 Å². The zero-order valence-electron chi connectivity index (χ0n) is 10.4. The quantitative estimate of drug-likeness (QED) is 0.887. The third kappa shape index (κ3) is 2.21. The molecular weight excluding hydrogens is 224 g/mol. The van der Waals surface area contributed by atoms with Crippen molar-refractivity contribution in [1.82, 2.24) is 0 Å². The Labute approximate surface area is 107 Å². The molecule has 0 bridgehead atoms. The van der Waals surface area contributed by atoms with Gasteiger partial charge in [-0.05, 0) is 48.8 Å². The Morgan fingerprint density at radius 2 is 2.17 bits per heavy atom. The van der Waals surface area contributed by atoms with Gasteiger partial charge in [0.2, 0.25) is 0 Å². The summed E-state index contributed by atoms with van der Waals surface area (Å²) in [5.74, 6) is 0.472. The highest BCUT2D eigenvalue weighted by Gasteiger charge is 2.23. The van der Waals surface area contributed by atoms with Crippen LogP contribution in [0.3, 0.4) is 0 Å². The SMILES string of the molecule is OC(CC1CCCc2ccccc21)c1ccoc1. The van der Waals surface area contributed by atoms with Gasteiger partial charge in [0.25, 0.3) is 0 Å². The first kappa shape index (κ1) is 11.5. The molecule has 2 atom stereocenters. The molecule has 3 rings (SSSR count). The van der Waals surface area contributed by atoms with Crippen molar-refractivity contribution in [1.29, 1.82) is 0 Å². The molecule has 0 fully saturated rings. The van der Waals surface area contributed by atoms with E-state index in [2.05, 4.69) is 24.3 Å². The maximum atomic E-state index is 10.2. The lowest BCUT2D eigenvalue weighted by Crippen LogP contribution is -2.12. The van der Waals surface area contributed by atoms with Crippen LogP contribution in [0, 0.1) is 0 Å². The zero-order valence-corrected chi connectivity index (χ0v) is 10.4. The molecule has 1 N–H and O–H groups in total. The van der Waals surface area contributed by atoms with Gasteiger partial charge in [-0.15, -0.1) is 0 Å². The summed E-state index contributed by atoms with van der Waals surface area (Å²) in [5, 5.41) is 10.2. The van der Waals surface area contributed by atoms with Gasteiger partial charge in [-0.3, -0.25) is 0 Å². The number of aliphatic hydroxyl groups excluding tert-OH is 1. The maximum absolute atomic E-state index is 10.2. The van der Waals surface area contributed by atoms with E-state index >= 15 is 0 Å². The van der Waals surface area contributed by atoms with Crippen LogP contribution in [0.15, 0.2) is 47.3 Å². The molecule has 2 nitrogen and oxygen atoms in total. The van der Waals surface area contributed by atoms with Crippen molar-refractivity contribution in [2.75, 3.05) is 0 Å². The molecule has 0 saturated carbocycles. The van der Waals surface area contributed by atoms with Gasteiger partial charge in [-0.2, -0.15) is 0 Å². The van der Waals surface area contributed by atoms with Crippen LogP contribution in [-0.4, -0.2) is 5.11 Å². The summed E-state index contributed by atoms with van der Waals surface area (Å²) < 4.78 is 5.03. The first-order valence-electron chi connectivity index (χ1n) is 6.62. The number of rotatable bonds is 3. The molecule has 18 heavy (non-hydrogen) atoms. The molecule has 2 aromatic rings. The van der Waals surface area contributed by atoms with Crippen LogP contribution in [0.4, 0.5) is 0 Å². The summed E-state index contributed by atoms with van der Waals surface area (Å²) >= 11 is 0. The maximum Gasteiger partial charge on any atom is 0.0960 e. The Kier molecular flexibility index (Phi) is 3.20. The second-order valence-corrected chi connectivity index (χ2v) is 5.10. The largest absolute Gasteiger partial charge is 0.472 e. The van der Waals surface area contributed by atoms with E-state index in [1.807, 2.05) is 6.07 Å². The van der Waals surface area contributed by atoms with Crippen LogP contribution in [0.5, 0.6) is 0 Å². The predicted molar refractivity (Wildman–Crippen MR) is 70.4 cm³/mol. The van der Waals surface area contributed by atoms with Crippen molar-refractivity contribution >= 4 is 0 Å². The average Bonchev–Trinajstić information content (AvgIpc) is 2.93. The van der Waals surface area contributed by atoms with Crippen molar-refractivity contribution in [3.63, 3.8) is 0 Å². The smallest absolute Gasteiger partial charge is 0.0960 e. The number of benzene rings is 1. The summed E-state index contributed by atoms with van der Waals surface area (Å²) in [5.41, 5.74) is 3.76. The Morgan fingerprint density at radius 3 is 3.00 bits per heavy atom. The summed E-state index contributed by atoms with van der Waals surface area (Å²) in [6.45, 7) is 0. The number of aryl methyl sites for hydroxylation is 1. The molecule has 0 spiro atoms. The van der Waals surface area contributed by atoms with Gasteiger partial charge < -0.3 is 9.52 Å². The van der Waals surface area contributed by atoms with E-state index in [4.69, 9.17) is 4.42 Å². The summed E-state index contributed by atoms with van der Waals surface area (Å²) in [7, 11) is 0. The number of furan rings is 1. The highest BCUT2D eigenvalue weighted by atomic mass is 16.3. The van der Waals surface area contributed by atoms with Crippen molar-refractivity contribution < 1.29 is 9.52 Å². The van der Waals surface area contributed by atoms with Crippen LogP contribution in [0.2, 0.25) is 0 Å². The highest BCUT2D eigenvalue weighted by molar-refractivity contribution is 5.33. The molecule has 2 heteroatoms. The fraction of sp³-hybridized carbons (Fsp3) is 0.375. The Bertz CT molecular complexity index is 502. The summed E-state index contributed by atoms with van der Waals surface area (Å²) in [6, 6.07) is 10.5. The summed E-state index contributed by atoms with van der Waals surface area (Å²) in [6.07, 6.45) is 7.20. The van der Waals surface area contributed by atoms with E-state index in [-0.39, 0.29) is 0 Å². The van der Waals surface area contributed by atoms with Crippen molar-refractivity contribution in [2.24, 2.45) is 0 Å². The molecule has 1 aromatic carbocycles. The average molecular weight is 242 g/mol. The van der Waals surface area contributed by atoms with E-state index in [9.17, 15) is 5.11 Å². The Balaban J connectivity index is 1.78. The molecule has 1 heterocycles. The van der Waals surface area contributed by atoms with Crippen molar-refractivity contribution in [2.45, 2.75) is 37.7 Å². The van der Waals surface area contributed by atoms with Gasteiger partial charge in [-0.25, -0.2) is 0 Å². The highest BCUT2D eigenvalue weighted by Crippen LogP contribution is 2.37. The van der Waals surface area contributed by atoms with Gasteiger partial charge >= 0.3 is 0 Å². The molecule has 0 aliphatic heterocycles. The fourth-order valence-electron chi connectivity index (χ4n) is 2.97. The molecule has 0 amide bonds. The van der Waals surface area contributed by atoms with E-state index in [0.29, 0.717) is 5.92 Å². The Morgan fingerprint density at radius 1 is 1.28 bits per heavy atom. The first-order valence-corrected chi connectivity index (χ1v) is 6.62. The number of fused-ring (bicyclic) bond motifs is 1. The fourth-order valence-corrected chi connectivity index (χ4v) is 2.97. The summed E-state index contributed by atoms with van der Waals surface area (Å²) in [4.78, 5) is 0. The molecule has 1 aliphatic carbocycles. The van der Waals surface area contributed by atoms with Gasteiger partial charge in [0, 0.05) is 5.56 Å². The second kappa shape index (κ2) is 4.99. The topological polar surface area (TPSA) is 33.4 Å². The third-order valence-electron chi connectivity index (χ3n) is 3.93. The number of hydrogen-bond acceptors (Lipinski definition) is 2. The molecule has 0 saturated heterocycles. The minimum atomic E-state index is -0.417. The zero-order chi connectivity index (χ0) is 12.4. The van der Waals surface area contributed by atoms with Crippen LogP contribution in [0.25, 0.3) is 0 Å². The Hall–Kier alpha value is -1.54. The normalized spacial score (nSPS) is 20.4. The van der Waals surface area contributed by atoms with Crippen LogP contribution < -0.4 is 0 Å². The van der Waals surface area contributed by atoms with Crippen molar-refractivity contribution in [3.05, 3.63) is 59.5 Å². The first-order chi connectivity index (χ1) is 8.84. The standard InChI is InChI=1S/C16H18O2/c17-16(14-8-9-18-11-14)10-13-6-3-5-12-4-1-2-7-15(12)13/h1-2,4,7-9,11,13,16-17H,3,5-6,10H2. The van der Waals surface area contributed by atoms with Crippen LogP contribution in [-0.2, 0) is 6.42 Å². The predicted octanol–water partition coefficient (Wildman–Crippen LogP) is 3.82. The third-order valence-corrected chi connectivity index (χ3v) is 3.93. The molecule has 94 valence electrons. The van der Waals surface area contributed by atoms with E-state index in [1.54, 1.807) is 12.5 Å². The van der Waals surface area contributed by atoms with Crippen LogP contribution in [0.1, 0.15) is 48.0 Å². The second-order valence-electron chi connectivity index (χ2n) is 5.10. The molecule has 2 unspecified atom stereocenters. The lowest BCUT2D eigenvalue weighted by Gasteiger charge is -2.27. The van der Waals surface area contributed by atoms with E-state index in [1.165, 1.54) is 30.4 Å². The number of hydrogen-bond donors (Lipinski definition) is 1. The van der Waals surface area contributed by atoms with E-state index < -0.39 is 6.10 Å². The minimum Gasteiger partial charge on any atom is -0.472 e. The van der Waals surface area contributed by atoms with E-state index in [0.717, 1.165) is 12.0 Å². The van der Waals surface area contributed by atoms with Crippen molar-refractivity contribution in [3.8, 4) is 0 Å². The van der Waals surface area contributed by atoms with Crippen LogP contribution >= 0.6 is 0 Å². The van der Waals surface area contributed by atoms with Gasteiger partial charge in [0.05, 0.1) is 18.6 Å². The molecule has 0 radical (unpaired) electrons. The minimum absolute atomic E-state index is 0.417. The lowest BCUT2D eigenvalue weighted by molar-refractivity contribution is 0.153. The monoisotopic (exact) mass is 242 g/mol. The van der Waals surface area contributed by atoms with Gasteiger partial charge in [0.15, 0.2) is 0 Å². The van der Waals surface area contributed by atoms with Gasteiger partial charge in [0.1, 0.15) is 0 Å². The lowest BCUT2D eigenvalue weighted by atomic mass is 9.79. The number of aliphatic hydroxyl groups is 1.